The van der Waals surface area contributed by atoms with Gasteiger partial charge in [0.25, 0.3) is 0 Å². The van der Waals surface area contributed by atoms with Gasteiger partial charge in [-0.05, 0) is 12.2 Å². The van der Waals surface area contributed by atoms with Gasteiger partial charge < -0.3 is 18.9 Å². The highest BCUT2D eigenvalue weighted by Crippen LogP contribution is 2.17. The molecule has 3 atom stereocenters. The van der Waals surface area contributed by atoms with Crippen LogP contribution in [0.5, 0.6) is 0 Å². The second-order valence-electron chi connectivity index (χ2n) is 3.61. The molecular weight excluding hydrogens is 240 g/mol. The van der Waals surface area contributed by atoms with Crippen molar-refractivity contribution in [1.29, 1.82) is 0 Å². The number of esters is 2. The number of rotatable bonds is 5. The molecule has 0 radical (unpaired) electrons. The molecule has 1 rings (SSSR count). The molecule has 0 aromatic heterocycles. The third kappa shape index (κ3) is 4.58. The molecule has 6 nitrogen and oxygen atoms in total. The molecule has 6 heteroatoms. The zero-order valence-corrected chi connectivity index (χ0v) is 10.3. The second kappa shape index (κ2) is 6.80. The van der Waals surface area contributed by atoms with Crippen LogP contribution in [0.1, 0.15) is 13.8 Å². The van der Waals surface area contributed by atoms with Crippen molar-refractivity contribution in [2.45, 2.75) is 32.3 Å². The van der Waals surface area contributed by atoms with E-state index in [0.29, 0.717) is 0 Å². The minimum Gasteiger partial charge on any atom is -0.469 e. The molecule has 0 saturated carbocycles. The number of ether oxygens (including phenoxy) is 4. The average Bonchev–Trinajstić information content (AvgIpc) is 2.28. The van der Waals surface area contributed by atoms with E-state index in [1.165, 1.54) is 20.1 Å². The number of hydrogen-bond donors (Lipinski definition) is 0. The van der Waals surface area contributed by atoms with Gasteiger partial charge in [0.15, 0.2) is 0 Å². The van der Waals surface area contributed by atoms with E-state index in [2.05, 4.69) is 6.58 Å². The highest BCUT2D eigenvalue weighted by Gasteiger charge is 2.30. The van der Waals surface area contributed by atoms with Gasteiger partial charge in [0.2, 0.25) is 6.29 Å². The molecule has 0 aliphatic carbocycles. The molecule has 0 spiro atoms. The summed E-state index contributed by atoms with van der Waals surface area (Å²) in [6.45, 7) is 5.98. The first-order valence-corrected chi connectivity index (χ1v) is 5.43. The van der Waals surface area contributed by atoms with Crippen molar-refractivity contribution in [1.82, 2.24) is 0 Å². The van der Waals surface area contributed by atoms with Gasteiger partial charge in [-0.3, -0.25) is 9.59 Å². The van der Waals surface area contributed by atoms with Crippen LogP contribution in [-0.2, 0) is 28.5 Å². The van der Waals surface area contributed by atoms with Gasteiger partial charge in [0.1, 0.15) is 18.8 Å². The molecule has 0 aromatic rings. The second-order valence-corrected chi connectivity index (χ2v) is 3.61. The normalized spacial score (nSPS) is 26.2. The first-order chi connectivity index (χ1) is 8.52. The van der Waals surface area contributed by atoms with Crippen molar-refractivity contribution in [2.24, 2.45) is 0 Å². The summed E-state index contributed by atoms with van der Waals surface area (Å²) in [6, 6.07) is 0. The molecule has 0 aromatic carbocycles. The van der Waals surface area contributed by atoms with Crippen LogP contribution in [0.2, 0.25) is 0 Å². The molecule has 0 unspecified atom stereocenters. The quantitative estimate of drug-likeness (QED) is 0.414. The Morgan fingerprint density at radius 3 is 2.61 bits per heavy atom. The van der Waals surface area contributed by atoms with Crippen LogP contribution < -0.4 is 0 Å². The Hall–Kier alpha value is -1.82. The summed E-state index contributed by atoms with van der Waals surface area (Å²) in [5.74, 6) is -0.875. The van der Waals surface area contributed by atoms with Crippen LogP contribution in [0.15, 0.2) is 25.0 Å². The minimum atomic E-state index is -0.630. The fraction of sp³-hybridized carbons (Fsp3) is 0.500. The van der Waals surface area contributed by atoms with E-state index in [-0.39, 0.29) is 6.61 Å². The average molecular weight is 256 g/mol. The summed E-state index contributed by atoms with van der Waals surface area (Å²) in [5.41, 5.74) is 0. The zero-order valence-electron chi connectivity index (χ0n) is 10.3. The molecule has 1 aliphatic rings. The smallest absolute Gasteiger partial charge is 0.303 e. The first kappa shape index (κ1) is 14.2. The SMILES string of the molecule is C=CO[C@@H]1C=C[C@H](OC(C)=O)[C@@H](COC(C)=O)O1. The van der Waals surface area contributed by atoms with Crippen molar-refractivity contribution in [3.8, 4) is 0 Å². The summed E-state index contributed by atoms with van der Waals surface area (Å²) in [6.07, 6.45) is 2.63. The molecule has 100 valence electrons. The van der Waals surface area contributed by atoms with E-state index in [4.69, 9.17) is 18.9 Å². The lowest BCUT2D eigenvalue weighted by molar-refractivity contribution is -0.185. The number of hydrogen-bond acceptors (Lipinski definition) is 6. The Labute approximate surface area is 105 Å². The van der Waals surface area contributed by atoms with Gasteiger partial charge in [-0.2, -0.15) is 0 Å². The van der Waals surface area contributed by atoms with Gasteiger partial charge in [-0.15, -0.1) is 0 Å². The van der Waals surface area contributed by atoms with E-state index in [9.17, 15) is 9.59 Å². The molecular formula is C12H16O6. The third-order valence-corrected chi connectivity index (χ3v) is 2.12. The lowest BCUT2D eigenvalue weighted by atomic mass is 10.1. The van der Waals surface area contributed by atoms with Crippen LogP contribution in [0.25, 0.3) is 0 Å². The van der Waals surface area contributed by atoms with Gasteiger partial charge in [-0.25, -0.2) is 0 Å². The lowest BCUT2D eigenvalue weighted by Crippen LogP contribution is -2.41. The Balaban J connectivity index is 2.65. The van der Waals surface area contributed by atoms with Gasteiger partial charge in [-0.1, -0.05) is 6.58 Å². The standard InChI is InChI=1S/C12H16O6/c1-4-15-12-6-5-10(17-9(3)14)11(18-12)7-16-8(2)13/h4-6,10-12H,1,7H2,2-3H3/t10-,11+,12-/m0/s1. The highest BCUT2D eigenvalue weighted by molar-refractivity contribution is 5.66. The van der Waals surface area contributed by atoms with Crippen LogP contribution in [0.4, 0.5) is 0 Å². The van der Waals surface area contributed by atoms with Gasteiger partial charge >= 0.3 is 11.9 Å². The van der Waals surface area contributed by atoms with E-state index in [1.54, 1.807) is 12.2 Å². The van der Waals surface area contributed by atoms with Crippen molar-refractivity contribution in [3.05, 3.63) is 25.0 Å². The van der Waals surface area contributed by atoms with Crippen molar-refractivity contribution >= 4 is 11.9 Å². The lowest BCUT2D eigenvalue weighted by Gasteiger charge is -2.30. The van der Waals surface area contributed by atoms with Gasteiger partial charge in [0.05, 0.1) is 6.26 Å². The third-order valence-electron chi connectivity index (χ3n) is 2.12. The molecule has 1 aliphatic heterocycles. The Morgan fingerprint density at radius 1 is 1.33 bits per heavy atom. The Bertz CT molecular complexity index is 348. The maximum Gasteiger partial charge on any atom is 0.303 e. The highest BCUT2D eigenvalue weighted by atomic mass is 16.7. The summed E-state index contributed by atoms with van der Waals surface area (Å²) >= 11 is 0. The zero-order chi connectivity index (χ0) is 13.5. The summed E-state index contributed by atoms with van der Waals surface area (Å²) in [7, 11) is 0. The molecule has 0 bridgehead atoms. The molecule has 18 heavy (non-hydrogen) atoms. The Kier molecular flexibility index (Phi) is 5.38. The molecule has 1 heterocycles. The maximum absolute atomic E-state index is 10.9. The summed E-state index contributed by atoms with van der Waals surface area (Å²) in [4.78, 5) is 21.7. The Morgan fingerprint density at radius 2 is 2.06 bits per heavy atom. The summed E-state index contributed by atoms with van der Waals surface area (Å²) in [5, 5.41) is 0. The van der Waals surface area contributed by atoms with E-state index in [1.807, 2.05) is 0 Å². The van der Waals surface area contributed by atoms with Crippen LogP contribution >= 0.6 is 0 Å². The molecule has 0 saturated heterocycles. The van der Waals surface area contributed by atoms with Crippen LogP contribution in [0, 0.1) is 0 Å². The predicted octanol–water partition coefficient (Wildman–Crippen LogP) is 0.922. The molecule has 0 fully saturated rings. The minimum absolute atomic E-state index is 0.0192. The molecule has 0 N–H and O–H groups in total. The monoisotopic (exact) mass is 256 g/mol. The maximum atomic E-state index is 10.9. The first-order valence-electron chi connectivity index (χ1n) is 5.43. The topological polar surface area (TPSA) is 71.1 Å². The predicted molar refractivity (Wildman–Crippen MR) is 61.3 cm³/mol. The fourth-order valence-electron chi connectivity index (χ4n) is 1.43. The number of carbonyl (C=O) groups is 2. The van der Waals surface area contributed by atoms with E-state index < -0.39 is 30.4 Å². The largest absolute Gasteiger partial charge is 0.469 e. The number of carbonyl (C=O) groups excluding carboxylic acids is 2. The van der Waals surface area contributed by atoms with Crippen molar-refractivity contribution in [2.75, 3.05) is 6.61 Å². The van der Waals surface area contributed by atoms with Crippen molar-refractivity contribution in [3.63, 3.8) is 0 Å². The van der Waals surface area contributed by atoms with E-state index >= 15 is 0 Å². The van der Waals surface area contributed by atoms with Crippen molar-refractivity contribution < 1.29 is 28.5 Å². The molecule has 0 amide bonds. The fourth-order valence-corrected chi connectivity index (χ4v) is 1.43. The van der Waals surface area contributed by atoms with Crippen LogP contribution in [-0.4, -0.2) is 37.0 Å². The van der Waals surface area contributed by atoms with Crippen LogP contribution in [0.3, 0.4) is 0 Å². The van der Waals surface area contributed by atoms with E-state index in [0.717, 1.165) is 0 Å². The summed E-state index contributed by atoms with van der Waals surface area (Å²) < 4.78 is 20.4. The van der Waals surface area contributed by atoms with Gasteiger partial charge in [0, 0.05) is 13.8 Å².